The molecule has 0 aromatic heterocycles. The Bertz CT molecular complexity index is 259. The molecule has 3 heteroatoms. The van der Waals surface area contributed by atoms with E-state index in [2.05, 4.69) is 31.0 Å². The predicted octanol–water partition coefficient (Wildman–Crippen LogP) is 2.80. The maximum atomic E-state index is 6.03. The molecule has 1 heterocycles. The molecule has 1 N–H and O–H groups in total. The molecule has 0 aromatic rings. The van der Waals surface area contributed by atoms with Crippen molar-refractivity contribution in [1.82, 2.24) is 10.2 Å². The highest BCUT2D eigenvalue weighted by molar-refractivity contribution is 4.95. The van der Waals surface area contributed by atoms with Crippen LogP contribution in [0.5, 0.6) is 0 Å². The van der Waals surface area contributed by atoms with Crippen molar-refractivity contribution in [2.75, 3.05) is 26.2 Å². The number of ether oxygens (including phenoxy) is 1. The van der Waals surface area contributed by atoms with Crippen LogP contribution in [0.1, 0.15) is 59.3 Å². The van der Waals surface area contributed by atoms with Crippen LogP contribution in [-0.2, 0) is 4.74 Å². The van der Waals surface area contributed by atoms with Crippen molar-refractivity contribution in [2.45, 2.75) is 77.0 Å². The van der Waals surface area contributed by atoms with E-state index < -0.39 is 0 Å². The lowest BCUT2D eigenvalue weighted by atomic mass is 9.89. The van der Waals surface area contributed by atoms with E-state index in [1.165, 1.54) is 45.1 Å². The van der Waals surface area contributed by atoms with Crippen LogP contribution < -0.4 is 5.32 Å². The third-order valence-electron chi connectivity index (χ3n) is 5.29. The lowest BCUT2D eigenvalue weighted by Crippen LogP contribution is -2.63. The lowest BCUT2D eigenvalue weighted by molar-refractivity contribution is 0.0132. The zero-order chi connectivity index (χ0) is 13.7. The van der Waals surface area contributed by atoms with Gasteiger partial charge >= 0.3 is 0 Å². The first-order chi connectivity index (χ1) is 9.19. The minimum atomic E-state index is 0.333. The predicted molar refractivity (Wildman–Crippen MR) is 80.6 cm³/mol. The van der Waals surface area contributed by atoms with E-state index in [1.54, 1.807) is 0 Å². The molecule has 0 aromatic carbocycles. The van der Waals surface area contributed by atoms with E-state index in [1.807, 2.05) is 0 Å². The third kappa shape index (κ3) is 3.93. The van der Waals surface area contributed by atoms with Gasteiger partial charge in [0.1, 0.15) is 0 Å². The van der Waals surface area contributed by atoms with Crippen LogP contribution in [0.15, 0.2) is 0 Å². The summed E-state index contributed by atoms with van der Waals surface area (Å²) in [5, 5.41) is 3.76. The Morgan fingerprint density at radius 1 is 1.21 bits per heavy atom. The Labute approximate surface area is 119 Å². The summed E-state index contributed by atoms with van der Waals surface area (Å²) in [6, 6.07) is 0.637. The number of piperazine rings is 1. The van der Waals surface area contributed by atoms with Gasteiger partial charge in [-0.1, -0.05) is 26.7 Å². The van der Waals surface area contributed by atoms with Gasteiger partial charge in [0.05, 0.1) is 12.7 Å². The fourth-order valence-electron chi connectivity index (χ4n) is 3.51. The first-order valence-electron chi connectivity index (χ1n) is 8.30. The molecule has 0 radical (unpaired) electrons. The van der Waals surface area contributed by atoms with Gasteiger partial charge < -0.3 is 10.1 Å². The molecule has 0 spiro atoms. The molecule has 2 aliphatic rings. The third-order valence-corrected chi connectivity index (χ3v) is 5.29. The van der Waals surface area contributed by atoms with Crippen molar-refractivity contribution in [3.8, 4) is 0 Å². The van der Waals surface area contributed by atoms with Crippen LogP contribution >= 0.6 is 0 Å². The molecule has 2 rings (SSSR count). The van der Waals surface area contributed by atoms with Gasteiger partial charge in [0, 0.05) is 31.2 Å². The maximum Gasteiger partial charge on any atom is 0.0597 e. The topological polar surface area (TPSA) is 24.5 Å². The quantitative estimate of drug-likeness (QED) is 0.801. The zero-order valence-electron chi connectivity index (χ0n) is 13.1. The van der Waals surface area contributed by atoms with E-state index in [0.29, 0.717) is 17.7 Å². The molecule has 3 nitrogen and oxygen atoms in total. The van der Waals surface area contributed by atoms with E-state index in [-0.39, 0.29) is 0 Å². The van der Waals surface area contributed by atoms with E-state index >= 15 is 0 Å². The smallest absolute Gasteiger partial charge is 0.0597 e. The van der Waals surface area contributed by atoms with Gasteiger partial charge in [0.2, 0.25) is 0 Å². The van der Waals surface area contributed by atoms with Gasteiger partial charge in [-0.25, -0.2) is 0 Å². The molecule has 1 saturated heterocycles. The minimum absolute atomic E-state index is 0.333. The normalized spacial score (nSPS) is 28.9. The highest BCUT2D eigenvalue weighted by atomic mass is 16.5. The van der Waals surface area contributed by atoms with Crippen molar-refractivity contribution >= 4 is 0 Å². The highest BCUT2D eigenvalue weighted by Crippen LogP contribution is 2.23. The first kappa shape index (κ1) is 15.3. The van der Waals surface area contributed by atoms with Crippen LogP contribution in [0.3, 0.4) is 0 Å². The van der Waals surface area contributed by atoms with Gasteiger partial charge in [0.15, 0.2) is 0 Å². The second kappa shape index (κ2) is 7.05. The molecule has 0 bridgehead atoms. The second-order valence-corrected chi connectivity index (χ2v) is 6.47. The van der Waals surface area contributed by atoms with Crippen molar-refractivity contribution in [3.63, 3.8) is 0 Å². The van der Waals surface area contributed by atoms with Crippen LogP contribution in [-0.4, -0.2) is 48.8 Å². The van der Waals surface area contributed by atoms with Crippen molar-refractivity contribution in [2.24, 2.45) is 0 Å². The van der Waals surface area contributed by atoms with Gasteiger partial charge in [-0.3, -0.25) is 4.90 Å². The minimum Gasteiger partial charge on any atom is -0.377 e. The second-order valence-electron chi connectivity index (χ2n) is 6.47. The van der Waals surface area contributed by atoms with Crippen molar-refractivity contribution in [1.29, 1.82) is 0 Å². The molecular weight excluding hydrogens is 236 g/mol. The first-order valence-corrected chi connectivity index (χ1v) is 8.30. The highest BCUT2D eigenvalue weighted by Gasteiger charge is 2.34. The largest absolute Gasteiger partial charge is 0.377 e. The monoisotopic (exact) mass is 268 g/mol. The summed E-state index contributed by atoms with van der Waals surface area (Å²) in [7, 11) is 0. The summed E-state index contributed by atoms with van der Waals surface area (Å²) in [5.74, 6) is 0. The average molecular weight is 268 g/mol. The number of hydrogen-bond donors (Lipinski definition) is 1. The Hall–Kier alpha value is -0.120. The lowest BCUT2D eigenvalue weighted by Gasteiger charge is -2.46. The van der Waals surface area contributed by atoms with E-state index in [4.69, 9.17) is 4.74 Å². The SMILES string of the molecule is CCC1(CC)CN(CCOC2CCCC2)C(C)CN1. The fourth-order valence-corrected chi connectivity index (χ4v) is 3.51. The van der Waals surface area contributed by atoms with Crippen LogP contribution in [0.4, 0.5) is 0 Å². The number of nitrogens with zero attached hydrogens (tertiary/aromatic N) is 1. The Balaban J connectivity index is 1.76. The molecule has 19 heavy (non-hydrogen) atoms. The Morgan fingerprint density at radius 3 is 2.53 bits per heavy atom. The van der Waals surface area contributed by atoms with E-state index in [0.717, 1.165) is 19.7 Å². The van der Waals surface area contributed by atoms with Crippen LogP contribution in [0.2, 0.25) is 0 Å². The van der Waals surface area contributed by atoms with Crippen molar-refractivity contribution < 1.29 is 4.74 Å². The molecule has 0 amide bonds. The summed E-state index contributed by atoms with van der Waals surface area (Å²) in [4.78, 5) is 2.62. The van der Waals surface area contributed by atoms with E-state index in [9.17, 15) is 0 Å². The molecule has 1 aliphatic carbocycles. The number of hydrogen-bond acceptors (Lipinski definition) is 3. The van der Waals surface area contributed by atoms with Gasteiger partial charge in [0.25, 0.3) is 0 Å². The van der Waals surface area contributed by atoms with Crippen molar-refractivity contribution in [3.05, 3.63) is 0 Å². The molecule has 1 unspecified atom stereocenters. The summed E-state index contributed by atoms with van der Waals surface area (Å²) < 4.78 is 6.03. The molecule has 112 valence electrons. The molecule has 1 aliphatic heterocycles. The van der Waals surface area contributed by atoms with Crippen LogP contribution in [0, 0.1) is 0 Å². The van der Waals surface area contributed by atoms with Gasteiger partial charge in [-0.05, 0) is 32.6 Å². The number of rotatable bonds is 6. The number of nitrogens with one attached hydrogen (secondary N) is 1. The fraction of sp³-hybridized carbons (Fsp3) is 1.00. The molecule has 2 fully saturated rings. The maximum absolute atomic E-state index is 6.03. The standard InChI is InChI=1S/C16H32N2O/c1-4-16(5-2)13-18(14(3)12-17-16)10-11-19-15-8-6-7-9-15/h14-15,17H,4-13H2,1-3H3. The Morgan fingerprint density at radius 2 is 1.89 bits per heavy atom. The Kier molecular flexibility index (Phi) is 5.67. The summed E-state index contributed by atoms with van der Waals surface area (Å²) in [5.41, 5.74) is 0.333. The van der Waals surface area contributed by atoms with Gasteiger partial charge in [-0.15, -0.1) is 0 Å². The molecule has 1 saturated carbocycles. The van der Waals surface area contributed by atoms with Gasteiger partial charge in [-0.2, -0.15) is 0 Å². The molecule has 1 atom stereocenters. The zero-order valence-corrected chi connectivity index (χ0v) is 13.1. The summed E-state index contributed by atoms with van der Waals surface area (Å²) in [6.07, 6.45) is 8.29. The summed E-state index contributed by atoms with van der Waals surface area (Å²) in [6.45, 7) is 11.2. The molecular formula is C16H32N2O. The van der Waals surface area contributed by atoms with Crippen LogP contribution in [0.25, 0.3) is 0 Å². The average Bonchev–Trinajstić information content (AvgIpc) is 2.94. The summed E-state index contributed by atoms with van der Waals surface area (Å²) >= 11 is 0.